The zero-order valence-corrected chi connectivity index (χ0v) is 22.6. The third-order valence-corrected chi connectivity index (χ3v) is 6.62. The Morgan fingerprint density at radius 2 is 1.89 bits per heavy atom. The Kier molecular flexibility index (Phi) is 8.06. The van der Waals surface area contributed by atoms with Crippen LogP contribution in [0.1, 0.15) is 21.6 Å². The van der Waals surface area contributed by atoms with Crippen LogP contribution < -0.4 is 10.2 Å². The standard InChI is InChI=1S/C28H21BrIN3O2/c1-3-15-35-27-24(29)16-20(17-25(27)30)18-31-32-28(34)22-10-12-23(13-11-22)33-19(2)9-14-26(33)21-7-5-4-6-8-21/h1,4-14,16-18H,15H2,2H3,(H,32,34)/b31-18+. The maximum absolute atomic E-state index is 12.6. The number of amides is 1. The van der Waals surface area contributed by atoms with Gasteiger partial charge >= 0.3 is 0 Å². The molecule has 4 aromatic rings. The van der Waals surface area contributed by atoms with Crippen molar-refractivity contribution in [2.75, 3.05) is 6.61 Å². The van der Waals surface area contributed by atoms with Crippen molar-refractivity contribution in [1.82, 2.24) is 9.99 Å². The number of rotatable bonds is 7. The molecule has 0 saturated heterocycles. The molecule has 35 heavy (non-hydrogen) atoms. The van der Waals surface area contributed by atoms with Crippen LogP contribution in [-0.2, 0) is 0 Å². The summed E-state index contributed by atoms with van der Waals surface area (Å²) in [6.45, 7) is 2.25. The Bertz CT molecular complexity index is 1400. The van der Waals surface area contributed by atoms with Gasteiger partial charge in [-0.1, -0.05) is 36.3 Å². The Morgan fingerprint density at radius 1 is 1.14 bits per heavy atom. The molecule has 1 heterocycles. The van der Waals surface area contributed by atoms with E-state index < -0.39 is 0 Å². The summed E-state index contributed by atoms with van der Waals surface area (Å²) in [5.41, 5.74) is 8.24. The van der Waals surface area contributed by atoms with Gasteiger partial charge in [0.15, 0.2) is 0 Å². The van der Waals surface area contributed by atoms with Gasteiger partial charge in [0.2, 0.25) is 0 Å². The molecule has 0 radical (unpaired) electrons. The zero-order valence-electron chi connectivity index (χ0n) is 18.8. The molecule has 0 saturated carbocycles. The lowest BCUT2D eigenvalue weighted by Gasteiger charge is -2.12. The first-order chi connectivity index (χ1) is 17.0. The molecular weight excluding hydrogens is 617 g/mol. The van der Waals surface area contributed by atoms with Crippen molar-refractivity contribution in [3.05, 3.63) is 104 Å². The Hall–Kier alpha value is -3.35. The van der Waals surface area contributed by atoms with Crippen LogP contribution in [0.15, 0.2) is 88.4 Å². The molecule has 0 fully saturated rings. The SMILES string of the molecule is C#CCOc1c(Br)cc(/C=N/NC(=O)c2ccc(-n3c(C)ccc3-c3ccccc3)cc2)cc1I. The van der Waals surface area contributed by atoms with Crippen LogP contribution in [0.2, 0.25) is 0 Å². The minimum atomic E-state index is -0.289. The predicted molar refractivity (Wildman–Crippen MR) is 152 cm³/mol. The van der Waals surface area contributed by atoms with E-state index in [9.17, 15) is 4.79 Å². The van der Waals surface area contributed by atoms with Gasteiger partial charge in [-0.25, -0.2) is 5.43 Å². The van der Waals surface area contributed by atoms with Crippen molar-refractivity contribution in [2.24, 2.45) is 5.10 Å². The molecule has 0 aliphatic carbocycles. The highest BCUT2D eigenvalue weighted by atomic mass is 127. The minimum Gasteiger partial charge on any atom is -0.479 e. The summed E-state index contributed by atoms with van der Waals surface area (Å²) in [6.07, 6.45) is 6.85. The number of ether oxygens (including phenoxy) is 1. The molecule has 174 valence electrons. The van der Waals surface area contributed by atoms with Crippen molar-refractivity contribution in [3.63, 3.8) is 0 Å². The molecule has 5 nitrogen and oxygen atoms in total. The molecular formula is C28H21BrIN3O2. The molecule has 0 unspecified atom stereocenters. The third-order valence-electron chi connectivity index (χ3n) is 5.23. The van der Waals surface area contributed by atoms with Gasteiger partial charge in [-0.15, -0.1) is 6.42 Å². The smallest absolute Gasteiger partial charge is 0.271 e. The second kappa shape index (κ2) is 11.4. The quantitative estimate of drug-likeness (QED) is 0.108. The van der Waals surface area contributed by atoms with E-state index >= 15 is 0 Å². The maximum atomic E-state index is 12.6. The van der Waals surface area contributed by atoms with E-state index in [0.717, 1.165) is 36.2 Å². The molecule has 1 aromatic heterocycles. The van der Waals surface area contributed by atoms with Gasteiger partial charge in [0.05, 0.1) is 20.0 Å². The van der Waals surface area contributed by atoms with E-state index in [1.807, 2.05) is 42.5 Å². The summed E-state index contributed by atoms with van der Waals surface area (Å²) in [5.74, 6) is 2.84. The van der Waals surface area contributed by atoms with Crippen molar-refractivity contribution >= 4 is 50.6 Å². The number of hydrogen-bond donors (Lipinski definition) is 1. The van der Waals surface area contributed by atoms with Gasteiger partial charge in [0.25, 0.3) is 5.91 Å². The lowest BCUT2D eigenvalue weighted by Crippen LogP contribution is -2.17. The second-order valence-electron chi connectivity index (χ2n) is 7.61. The highest BCUT2D eigenvalue weighted by Gasteiger charge is 2.11. The van der Waals surface area contributed by atoms with Gasteiger partial charge < -0.3 is 9.30 Å². The van der Waals surface area contributed by atoms with Gasteiger partial charge in [-0.2, -0.15) is 5.10 Å². The van der Waals surface area contributed by atoms with Crippen molar-refractivity contribution in [3.8, 4) is 35.0 Å². The largest absolute Gasteiger partial charge is 0.479 e. The topological polar surface area (TPSA) is 55.6 Å². The predicted octanol–water partition coefficient (Wildman–Crippen LogP) is 6.60. The number of carbonyl (C=O) groups is 1. The maximum Gasteiger partial charge on any atom is 0.271 e. The molecule has 7 heteroatoms. The number of hydrazone groups is 1. The van der Waals surface area contributed by atoms with Crippen LogP contribution in [0.5, 0.6) is 5.75 Å². The highest BCUT2D eigenvalue weighted by molar-refractivity contribution is 14.1. The van der Waals surface area contributed by atoms with E-state index in [0.29, 0.717) is 11.3 Å². The average molecular weight is 638 g/mol. The zero-order chi connectivity index (χ0) is 24.8. The second-order valence-corrected chi connectivity index (χ2v) is 9.63. The summed E-state index contributed by atoms with van der Waals surface area (Å²) < 4.78 is 9.36. The molecule has 0 aliphatic rings. The van der Waals surface area contributed by atoms with E-state index in [1.54, 1.807) is 18.3 Å². The summed E-state index contributed by atoms with van der Waals surface area (Å²) in [5, 5.41) is 4.11. The fourth-order valence-electron chi connectivity index (χ4n) is 3.61. The van der Waals surface area contributed by atoms with E-state index in [2.05, 4.69) is 90.7 Å². The van der Waals surface area contributed by atoms with Gasteiger partial charge in [-0.05, 0) is 105 Å². The normalized spacial score (nSPS) is 10.8. The van der Waals surface area contributed by atoms with Crippen molar-refractivity contribution < 1.29 is 9.53 Å². The van der Waals surface area contributed by atoms with E-state index in [1.165, 1.54) is 0 Å². The summed E-state index contributed by atoms with van der Waals surface area (Å²) >= 11 is 5.65. The highest BCUT2D eigenvalue weighted by Crippen LogP contribution is 2.31. The number of hydrogen-bond acceptors (Lipinski definition) is 3. The molecule has 1 amide bonds. The molecule has 0 atom stereocenters. The number of halogens is 2. The lowest BCUT2D eigenvalue weighted by molar-refractivity contribution is 0.0955. The molecule has 0 aliphatic heterocycles. The first kappa shape index (κ1) is 24.8. The molecule has 1 N–H and O–H groups in total. The van der Waals surface area contributed by atoms with Crippen LogP contribution in [0.4, 0.5) is 0 Å². The summed E-state index contributed by atoms with van der Waals surface area (Å²) in [6, 6.07) is 25.6. The average Bonchev–Trinajstić information content (AvgIpc) is 3.25. The van der Waals surface area contributed by atoms with Crippen LogP contribution in [0.3, 0.4) is 0 Å². The van der Waals surface area contributed by atoms with Crippen LogP contribution in [0, 0.1) is 22.8 Å². The first-order valence-electron chi connectivity index (χ1n) is 10.7. The number of nitrogens with zero attached hydrogens (tertiary/aromatic N) is 2. The number of carbonyl (C=O) groups excluding carboxylic acids is 1. The lowest BCUT2D eigenvalue weighted by atomic mass is 10.1. The minimum absolute atomic E-state index is 0.189. The van der Waals surface area contributed by atoms with Gasteiger partial charge in [0.1, 0.15) is 12.4 Å². The molecule has 3 aromatic carbocycles. The number of aromatic nitrogens is 1. The van der Waals surface area contributed by atoms with Crippen molar-refractivity contribution in [1.29, 1.82) is 0 Å². The summed E-state index contributed by atoms with van der Waals surface area (Å²) in [4.78, 5) is 12.6. The van der Waals surface area contributed by atoms with Crippen LogP contribution in [-0.4, -0.2) is 23.3 Å². The van der Waals surface area contributed by atoms with Gasteiger partial charge in [-0.3, -0.25) is 4.79 Å². The first-order valence-corrected chi connectivity index (χ1v) is 12.6. The van der Waals surface area contributed by atoms with E-state index in [4.69, 9.17) is 11.2 Å². The van der Waals surface area contributed by atoms with Gasteiger partial charge in [0, 0.05) is 16.9 Å². The number of terminal acetylenes is 1. The Morgan fingerprint density at radius 3 is 2.57 bits per heavy atom. The fraction of sp³-hybridized carbons (Fsp3) is 0.0714. The van der Waals surface area contributed by atoms with Crippen LogP contribution in [0.25, 0.3) is 16.9 Å². The molecule has 0 spiro atoms. The molecule has 4 rings (SSSR count). The summed E-state index contributed by atoms with van der Waals surface area (Å²) in [7, 11) is 0. The van der Waals surface area contributed by atoms with E-state index in [-0.39, 0.29) is 12.5 Å². The third kappa shape index (κ3) is 5.84. The number of aryl methyl sites for hydroxylation is 1. The van der Waals surface area contributed by atoms with Crippen LogP contribution >= 0.6 is 38.5 Å². The Balaban J connectivity index is 1.46. The monoisotopic (exact) mass is 637 g/mol. The Labute approximate surface area is 226 Å². The number of benzene rings is 3. The van der Waals surface area contributed by atoms with Crippen molar-refractivity contribution in [2.45, 2.75) is 6.92 Å². The fourth-order valence-corrected chi connectivity index (χ4v) is 5.38. The number of nitrogens with one attached hydrogen (secondary N) is 1. The molecule has 0 bridgehead atoms.